The van der Waals surface area contributed by atoms with E-state index in [2.05, 4.69) is 18.0 Å². The largest absolute Gasteiger partial charge is 0.496 e. The SMILES string of the molecule is CCCCCC1=CC=NC1Cc1cc(N)ccc1OC. The van der Waals surface area contributed by atoms with Crippen LogP contribution in [-0.4, -0.2) is 19.4 Å². The lowest BCUT2D eigenvalue weighted by Gasteiger charge is -2.15. The zero-order valence-electron chi connectivity index (χ0n) is 12.4. The summed E-state index contributed by atoms with van der Waals surface area (Å²) < 4.78 is 5.42. The highest BCUT2D eigenvalue weighted by atomic mass is 16.5. The van der Waals surface area contributed by atoms with Gasteiger partial charge in [0.1, 0.15) is 5.75 Å². The molecule has 0 spiro atoms. The molecule has 0 radical (unpaired) electrons. The van der Waals surface area contributed by atoms with Crippen LogP contribution in [0.1, 0.15) is 38.2 Å². The number of anilines is 1. The number of nitrogens with zero attached hydrogens (tertiary/aromatic N) is 1. The molecule has 1 heterocycles. The summed E-state index contributed by atoms with van der Waals surface area (Å²) in [5.74, 6) is 0.897. The molecule has 1 aliphatic heterocycles. The predicted octanol–water partition coefficient (Wildman–Crippen LogP) is 3.78. The molecule has 3 nitrogen and oxygen atoms in total. The summed E-state index contributed by atoms with van der Waals surface area (Å²) in [4.78, 5) is 4.58. The van der Waals surface area contributed by atoms with Crippen LogP contribution >= 0.6 is 0 Å². The molecule has 2 N–H and O–H groups in total. The highest BCUT2D eigenvalue weighted by molar-refractivity contribution is 5.76. The number of nitrogens with two attached hydrogens (primary N) is 1. The lowest BCUT2D eigenvalue weighted by atomic mass is 9.95. The average Bonchev–Trinajstić information content (AvgIpc) is 2.87. The van der Waals surface area contributed by atoms with Gasteiger partial charge in [-0.05, 0) is 48.3 Å². The molecular weight excluding hydrogens is 248 g/mol. The van der Waals surface area contributed by atoms with E-state index >= 15 is 0 Å². The fraction of sp³-hybridized carbons (Fsp3) is 0.471. The van der Waals surface area contributed by atoms with E-state index < -0.39 is 0 Å². The van der Waals surface area contributed by atoms with Crippen molar-refractivity contribution >= 4 is 11.9 Å². The molecule has 0 aliphatic carbocycles. The lowest BCUT2D eigenvalue weighted by molar-refractivity contribution is 0.408. The third kappa shape index (κ3) is 3.62. The van der Waals surface area contributed by atoms with Gasteiger partial charge in [0.2, 0.25) is 0 Å². The molecule has 1 aromatic rings. The zero-order chi connectivity index (χ0) is 14.4. The van der Waals surface area contributed by atoms with Gasteiger partial charge in [0.05, 0.1) is 13.2 Å². The van der Waals surface area contributed by atoms with Gasteiger partial charge >= 0.3 is 0 Å². The summed E-state index contributed by atoms with van der Waals surface area (Å²) in [5, 5.41) is 0. The van der Waals surface area contributed by atoms with E-state index in [1.807, 2.05) is 24.4 Å². The zero-order valence-corrected chi connectivity index (χ0v) is 12.4. The summed E-state index contributed by atoms with van der Waals surface area (Å²) in [6.45, 7) is 2.23. The summed E-state index contributed by atoms with van der Waals surface area (Å²) in [6, 6.07) is 6.06. The lowest BCUT2D eigenvalue weighted by Crippen LogP contribution is -2.10. The molecule has 0 aromatic heterocycles. The molecule has 108 valence electrons. The Morgan fingerprint density at radius 3 is 2.90 bits per heavy atom. The number of ether oxygens (including phenoxy) is 1. The van der Waals surface area contributed by atoms with Gasteiger partial charge < -0.3 is 10.5 Å². The van der Waals surface area contributed by atoms with Crippen LogP contribution in [0.3, 0.4) is 0 Å². The van der Waals surface area contributed by atoms with Crippen molar-refractivity contribution in [3.05, 3.63) is 35.4 Å². The van der Waals surface area contributed by atoms with Crippen molar-refractivity contribution in [2.24, 2.45) is 4.99 Å². The van der Waals surface area contributed by atoms with Gasteiger partial charge in [-0.1, -0.05) is 19.8 Å². The van der Waals surface area contributed by atoms with E-state index in [-0.39, 0.29) is 6.04 Å². The molecule has 2 rings (SSSR count). The number of rotatable bonds is 7. The van der Waals surface area contributed by atoms with Crippen molar-refractivity contribution < 1.29 is 4.74 Å². The van der Waals surface area contributed by atoms with Crippen molar-refractivity contribution in [3.8, 4) is 5.75 Å². The van der Waals surface area contributed by atoms with Crippen LogP contribution in [0.2, 0.25) is 0 Å². The maximum atomic E-state index is 5.88. The van der Waals surface area contributed by atoms with Gasteiger partial charge in [0.15, 0.2) is 0 Å². The van der Waals surface area contributed by atoms with Crippen LogP contribution in [-0.2, 0) is 6.42 Å². The van der Waals surface area contributed by atoms with Crippen molar-refractivity contribution in [2.75, 3.05) is 12.8 Å². The molecule has 0 saturated carbocycles. The third-order valence-corrected chi connectivity index (χ3v) is 3.77. The second-order valence-corrected chi connectivity index (χ2v) is 5.29. The normalized spacial score (nSPS) is 17.3. The smallest absolute Gasteiger partial charge is 0.122 e. The number of methoxy groups -OCH3 is 1. The highest BCUT2D eigenvalue weighted by Gasteiger charge is 2.18. The van der Waals surface area contributed by atoms with Crippen LogP contribution in [0.25, 0.3) is 0 Å². The first-order valence-electron chi connectivity index (χ1n) is 7.39. The monoisotopic (exact) mass is 272 g/mol. The predicted molar refractivity (Wildman–Crippen MR) is 85.6 cm³/mol. The molecule has 0 bridgehead atoms. The third-order valence-electron chi connectivity index (χ3n) is 3.77. The van der Waals surface area contributed by atoms with Crippen LogP contribution in [0.5, 0.6) is 5.75 Å². The quantitative estimate of drug-likeness (QED) is 0.606. The van der Waals surface area contributed by atoms with Crippen molar-refractivity contribution in [2.45, 2.75) is 45.1 Å². The summed E-state index contributed by atoms with van der Waals surface area (Å²) in [6.07, 6.45) is 9.89. The van der Waals surface area contributed by atoms with Crippen molar-refractivity contribution in [1.82, 2.24) is 0 Å². The number of unbranched alkanes of at least 4 members (excludes halogenated alkanes) is 2. The van der Waals surface area contributed by atoms with Gasteiger partial charge in [-0.2, -0.15) is 0 Å². The van der Waals surface area contributed by atoms with Crippen LogP contribution in [0, 0.1) is 0 Å². The van der Waals surface area contributed by atoms with E-state index in [0.717, 1.165) is 29.8 Å². The molecule has 1 aliphatic rings. The Kier molecular flexibility index (Phi) is 5.22. The van der Waals surface area contributed by atoms with E-state index in [1.165, 1.54) is 24.8 Å². The Labute approximate surface area is 121 Å². The summed E-state index contributed by atoms with van der Waals surface area (Å²) in [7, 11) is 1.70. The minimum absolute atomic E-state index is 0.252. The Morgan fingerprint density at radius 2 is 2.15 bits per heavy atom. The molecule has 3 heteroatoms. The van der Waals surface area contributed by atoms with E-state index in [0.29, 0.717) is 0 Å². The molecule has 0 amide bonds. The van der Waals surface area contributed by atoms with Crippen LogP contribution in [0.15, 0.2) is 34.8 Å². The Hall–Kier alpha value is -1.77. The molecule has 0 saturated heterocycles. The van der Waals surface area contributed by atoms with Gasteiger partial charge in [0, 0.05) is 18.3 Å². The fourth-order valence-corrected chi connectivity index (χ4v) is 2.63. The minimum Gasteiger partial charge on any atom is -0.496 e. The first kappa shape index (κ1) is 14.6. The van der Waals surface area contributed by atoms with Gasteiger partial charge in [-0.3, -0.25) is 4.99 Å². The summed E-state index contributed by atoms with van der Waals surface area (Å²) in [5.41, 5.74) is 9.23. The molecule has 1 atom stereocenters. The first-order chi connectivity index (χ1) is 9.74. The highest BCUT2D eigenvalue weighted by Crippen LogP contribution is 2.28. The standard InChI is InChI=1S/C17H24N2O/c1-3-4-5-6-13-9-10-19-16(13)12-14-11-15(18)7-8-17(14)20-2/h7-11,16H,3-6,12,18H2,1-2H3. The number of hydrogen-bond donors (Lipinski definition) is 1. The Bertz CT molecular complexity index is 506. The minimum atomic E-state index is 0.252. The molecule has 0 fully saturated rings. The number of hydrogen-bond acceptors (Lipinski definition) is 3. The van der Waals surface area contributed by atoms with E-state index in [1.54, 1.807) is 7.11 Å². The Balaban J connectivity index is 2.04. The average molecular weight is 272 g/mol. The number of allylic oxidation sites excluding steroid dienone is 1. The van der Waals surface area contributed by atoms with Crippen LogP contribution in [0.4, 0.5) is 5.69 Å². The molecule has 1 aromatic carbocycles. The van der Waals surface area contributed by atoms with Crippen molar-refractivity contribution in [1.29, 1.82) is 0 Å². The number of aliphatic imine (C=N–C) groups is 1. The van der Waals surface area contributed by atoms with E-state index in [4.69, 9.17) is 10.5 Å². The maximum absolute atomic E-state index is 5.88. The second kappa shape index (κ2) is 7.13. The number of nitrogen functional groups attached to an aromatic ring is 1. The van der Waals surface area contributed by atoms with Gasteiger partial charge in [-0.15, -0.1) is 0 Å². The molecule has 20 heavy (non-hydrogen) atoms. The first-order valence-corrected chi connectivity index (χ1v) is 7.39. The fourth-order valence-electron chi connectivity index (χ4n) is 2.63. The second-order valence-electron chi connectivity index (χ2n) is 5.29. The van der Waals surface area contributed by atoms with Crippen LogP contribution < -0.4 is 10.5 Å². The van der Waals surface area contributed by atoms with Gasteiger partial charge in [-0.25, -0.2) is 0 Å². The van der Waals surface area contributed by atoms with E-state index in [9.17, 15) is 0 Å². The summed E-state index contributed by atoms with van der Waals surface area (Å²) >= 11 is 0. The maximum Gasteiger partial charge on any atom is 0.122 e. The van der Waals surface area contributed by atoms with Gasteiger partial charge in [0.25, 0.3) is 0 Å². The molecule has 1 unspecified atom stereocenters. The topological polar surface area (TPSA) is 47.6 Å². The number of benzene rings is 1. The molecular formula is C17H24N2O. The van der Waals surface area contributed by atoms with Crippen molar-refractivity contribution in [3.63, 3.8) is 0 Å². The Morgan fingerprint density at radius 1 is 1.30 bits per heavy atom.